The van der Waals surface area contributed by atoms with E-state index in [2.05, 4.69) is 5.10 Å². The maximum absolute atomic E-state index is 12.6. The summed E-state index contributed by atoms with van der Waals surface area (Å²) in [5, 5.41) is 14.5. The number of anilines is 1. The van der Waals surface area contributed by atoms with Crippen molar-refractivity contribution < 1.29 is 19.5 Å². The van der Waals surface area contributed by atoms with Crippen LogP contribution < -0.4 is 4.90 Å². The Morgan fingerprint density at radius 1 is 1.27 bits per heavy atom. The van der Waals surface area contributed by atoms with Gasteiger partial charge in [0.1, 0.15) is 11.6 Å². The molecule has 0 aromatic heterocycles. The van der Waals surface area contributed by atoms with E-state index in [1.54, 1.807) is 24.3 Å². The molecule has 0 radical (unpaired) electrons. The predicted molar refractivity (Wildman–Crippen MR) is 78.6 cm³/mol. The predicted octanol–water partition coefficient (Wildman–Crippen LogP) is 0.810. The van der Waals surface area contributed by atoms with Gasteiger partial charge in [-0.25, -0.2) is 5.01 Å². The molecule has 1 N–H and O–H groups in total. The summed E-state index contributed by atoms with van der Waals surface area (Å²) in [6, 6.07) is 6.98. The lowest BCUT2D eigenvalue weighted by Gasteiger charge is -2.23. The maximum Gasteiger partial charge on any atom is 0.312 e. The van der Waals surface area contributed by atoms with Crippen molar-refractivity contribution in [1.29, 1.82) is 0 Å². The van der Waals surface area contributed by atoms with Gasteiger partial charge in [-0.2, -0.15) is 5.10 Å². The van der Waals surface area contributed by atoms with Crippen molar-refractivity contribution in [3.63, 3.8) is 0 Å². The van der Waals surface area contributed by atoms with Crippen LogP contribution in [0, 0.1) is 0 Å². The highest BCUT2D eigenvalue weighted by Gasteiger charge is 2.38. The van der Waals surface area contributed by atoms with E-state index >= 15 is 0 Å². The second-order valence-electron chi connectivity index (χ2n) is 5.33. The Morgan fingerprint density at radius 3 is 2.68 bits per heavy atom. The fourth-order valence-electron chi connectivity index (χ4n) is 2.79. The first-order valence-corrected chi connectivity index (χ1v) is 6.96. The fourth-order valence-corrected chi connectivity index (χ4v) is 2.79. The molecule has 1 aromatic carbocycles. The van der Waals surface area contributed by atoms with Gasteiger partial charge in [-0.15, -0.1) is 0 Å². The first-order valence-electron chi connectivity index (χ1n) is 6.96. The highest BCUT2D eigenvalue weighted by Crippen LogP contribution is 2.36. The summed E-state index contributed by atoms with van der Waals surface area (Å²) in [5.74, 6) is -2.17. The number of hydrogen-bond acceptors (Lipinski definition) is 4. The Kier molecular flexibility index (Phi) is 3.40. The molecule has 0 saturated carbocycles. The van der Waals surface area contributed by atoms with Gasteiger partial charge < -0.3 is 10.0 Å². The van der Waals surface area contributed by atoms with E-state index in [9.17, 15) is 19.5 Å². The van der Waals surface area contributed by atoms with Gasteiger partial charge in [0.05, 0.1) is 0 Å². The number of fused-ring (bicyclic) bond motifs is 1. The van der Waals surface area contributed by atoms with E-state index in [1.165, 1.54) is 11.9 Å². The largest absolute Gasteiger partial charge is 0.481 e. The molecule has 7 heteroatoms. The molecular formula is C15H15N3O4. The van der Waals surface area contributed by atoms with E-state index in [-0.39, 0.29) is 36.9 Å². The van der Waals surface area contributed by atoms with Crippen molar-refractivity contribution in [2.24, 2.45) is 5.10 Å². The molecule has 2 amide bonds. The van der Waals surface area contributed by atoms with Crippen molar-refractivity contribution in [1.82, 2.24) is 5.01 Å². The van der Waals surface area contributed by atoms with Crippen LogP contribution in [0.15, 0.2) is 29.4 Å². The van der Waals surface area contributed by atoms with Gasteiger partial charge in [-0.3, -0.25) is 14.4 Å². The number of hydrazone groups is 1. The van der Waals surface area contributed by atoms with E-state index in [1.807, 2.05) is 0 Å². The molecule has 22 heavy (non-hydrogen) atoms. The molecule has 0 saturated heterocycles. The van der Waals surface area contributed by atoms with Crippen molar-refractivity contribution in [3.05, 3.63) is 29.8 Å². The third-order valence-corrected chi connectivity index (χ3v) is 3.97. The third kappa shape index (κ3) is 2.24. The Morgan fingerprint density at radius 2 is 2.00 bits per heavy atom. The van der Waals surface area contributed by atoms with Gasteiger partial charge in [-0.05, 0) is 11.6 Å². The van der Waals surface area contributed by atoms with E-state index in [0.717, 1.165) is 5.01 Å². The number of aliphatic carboxylic acids is 1. The van der Waals surface area contributed by atoms with Crippen molar-refractivity contribution >= 4 is 29.2 Å². The lowest BCUT2D eigenvalue weighted by Crippen LogP contribution is -2.40. The second kappa shape index (κ2) is 5.25. The topological polar surface area (TPSA) is 90.3 Å². The van der Waals surface area contributed by atoms with Gasteiger partial charge in [-0.1, -0.05) is 18.2 Å². The average Bonchev–Trinajstić information content (AvgIpc) is 2.89. The first kappa shape index (κ1) is 14.2. The van der Waals surface area contributed by atoms with Gasteiger partial charge in [0, 0.05) is 32.1 Å². The molecule has 2 aliphatic rings. The summed E-state index contributed by atoms with van der Waals surface area (Å²) in [6.07, 6.45) is 0.511. The lowest BCUT2D eigenvalue weighted by atomic mass is 10.0. The molecule has 0 spiro atoms. The van der Waals surface area contributed by atoms with Crippen LogP contribution in [0.5, 0.6) is 0 Å². The summed E-state index contributed by atoms with van der Waals surface area (Å²) in [5.41, 5.74) is 1.51. The zero-order valence-corrected chi connectivity index (χ0v) is 12.0. The van der Waals surface area contributed by atoms with E-state index in [0.29, 0.717) is 11.3 Å². The number of carbonyl (C=O) groups is 3. The highest BCUT2D eigenvalue weighted by molar-refractivity contribution is 6.44. The van der Waals surface area contributed by atoms with Gasteiger partial charge in [0.2, 0.25) is 5.91 Å². The van der Waals surface area contributed by atoms with Gasteiger partial charge in [0.25, 0.3) is 5.91 Å². The molecule has 1 aromatic rings. The molecule has 114 valence electrons. The molecule has 2 heterocycles. The SMILES string of the molecule is CN1N=C(C(=O)N2CC(C(=O)O)c3ccccc32)CCC1=O. The number of hydrogen-bond donors (Lipinski definition) is 1. The Balaban J connectivity index is 1.93. The highest BCUT2D eigenvalue weighted by atomic mass is 16.4. The number of nitrogens with zero attached hydrogens (tertiary/aromatic N) is 3. The Bertz CT molecular complexity index is 698. The summed E-state index contributed by atoms with van der Waals surface area (Å²) in [4.78, 5) is 36.9. The average molecular weight is 301 g/mol. The molecule has 2 aliphatic heterocycles. The van der Waals surface area contributed by atoms with Crippen molar-refractivity contribution in [2.75, 3.05) is 18.5 Å². The van der Waals surface area contributed by atoms with Crippen molar-refractivity contribution in [3.8, 4) is 0 Å². The summed E-state index contributed by atoms with van der Waals surface area (Å²) in [7, 11) is 1.51. The zero-order valence-electron chi connectivity index (χ0n) is 12.0. The van der Waals surface area contributed by atoms with Crippen LogP contribution in [0.2, 0.25) is 0 Å². The summed E-state index contributed by atoms with van der Waals surface area (Å²) >= 11 is 0. The van der Waals surface area contributed by atoms with Crippen LogP contribution >= 0.6 is 0 Å². The second-order valence-corrected chi connectivity index (χ2v) is 5.33. The summed E-state index contributed by atoms with van der Waals surface area (Å²) < 4.78 is 0. The Hall–Kier alpha value is -2.70. The van der Waals surface area contributed by atoms with Gasteiger partial charge in [0.15, 0.2) is 0 Å². The molecule has 3 rings (SSSR count). The van der Waals surface area contributed by atoms with Crippen LogP contribution in [0.25, 0.3) is 0 Å². The first-order chi connectivity index (χ1) is 10.5. The molecule has 0 aliphatic carbocycles. The summed E-state index contributed by atoms with van der Waals surface area (Å²) in [6.45, 7) is 0.0875. The fraction of sp³-hybridized carbons (Fsp3) is 0.333. The lowest BCUT2D eigenvalue weighted by molar-refractivity contribution is -0.138. The number of benzene rings is 1. The number of para-hydroxylation sites is 1. The van der Waals surface area contributed by atoms with E-state index in [4.69, 9.17) is 0 Å². The van der Waals surface area contributed by atoms with E-state index < -0.39 is 11.9 Å². The standard InChI is InChI=1S/C15H15N3O4/c1-17-13(19)7-6-11(16-17)14(20)18-8-10(15(21)22)9-4-2-3-5-12(9)18/h2-5,10H,6-8H2,1H3,(H,21,22). The molecule has 0 bridgehead atoms. The number of carbonyl (C=O) groups excluding carboxylic acids is 2. The monoisotopic (exact) mass is 301 g/mol. The maximum atomic E-state index is 12.6. The zero-order chi connectivity index (χ0) is 15.9. The molecule has 1 unspecified atom stereocenters. The molecule has 0 fully saturated rings. The molecular weight excluding hydrogens is 286 g/mol. The minimum atomic E-state index is -0.958. The van der Waals surface area contributed by atoms with Crippen LogP contribution in [0.1, 0.15) is 24.3 Å². The smallest absolute Gasteiger partial charge is 0.312 e. The Labute approximate surface area is 126 Å². The van der Waals surface area contributed by atoms with Crippen LogP contribution in [-0.2, 0) is 14.4 Å². The van der Waals surface area contributed by atoms with Crippen molar-refractivity contribution in [2.45, 2.75) is 18.8 Å². The van der Waals surface area contributed by atoms with Crippen LogP contribution in [0.3, 0.4) is 0 Å². The molecule has 7 nitrogen and oxygen atoms in total. The van der Waals surface area contributed by atoms with Gasteiger partial charge >= 0.3 is 5.97 Å². The minimum absolute atomic E-state index is 0.0875. The minimum Gasteiger partial charge on any atom is -0.481 e. The number of rotatable bonds is 2. The third-order valence-electron chi connectivity index (χ3n) is 3.97. The van der Waals surface area contributed by atoms with Crippen LogP contribution in [0.4, 0.5) is 5.69 Å². The molecule has 1 atom stereocenters. The number of carboxylic acids is 1. The quantitative estimate of drug-likeness (QED) is 0.875. The number of amides is 2. The normalized spacial score (nSPS) is 20.7. The number of carboxylic acid groups (broad SMARTS) is 1. The van der Waals surface area contributed by atoms with Crippen LogP contribution in [-0.4, -0.2) is 47.2 Å².